The van der Waals surface area contributed by atoms with Crippen LogP contribution in [0.3, 0.4) is 0 Å². The first-order chi connectivity index (χ1) is 15.1. The first kappa shape index (κ1) is 27.6. The molecule has 0 fully saturated rings. The number of nitrogens with two attached hydrogens (primary N) is 1. The van der Waals surface area contributed by atoms with Crippen LogP contribution in [0.1, 0.15) is 81.5 Å². The summed E-state index contributed by atoms with van der Waals surface area (Å²) in [6, 6.07) is 6.10. The normalized spacial score (nSPS) is 13.9. The van der Waals surface area contributed by atoms with Crippen molar-refractivity contribution in [3.8, 4) is 0 Å². The summed E-state index contributed by atoms with van der Waals surface area (Å²) in [5.74, 6) is -0.224. The SMILES string of the molecule is CCCN(CCC)C(=O)c1cccc(C(=O)NC(C)C(N)CC(C)C(=O)NCC(C)C)c1. The Morgan fingerprint density at radius 2 is 1.59 bits per heavy atom. The van der Waals surface area contributed by atoms with Crippen LogP contribution in [0, 0.1) is 11.8 Å². The Bertz CT molecular complexity index is 744. The molecule has 32 heavy (non-hydrogen) atoms. The molecule has 0 saturated carbocycles. The van der Waals surface area contributed by atoms with Crippen molar-refractivity contribution in [2.24, 2.45) is 17.6 Å². The number of hydrogen-bond acceptors (Lipinski definition) is 4. The smallest absolute Gasteiger partial charge is 0.253 e. The minimum Gasteiger partial charge on any atom is -0.356 e. The van der Waals surface area contributed by atoms with E-state index < -0.39 is 0 Å². The maximum Gasteiger partial charge on any atom is 0.253 e. The van der Waals surface area contributed by atoms with Gasteiger partial charge in [0, 0.05) is 48.8 Å². The van der Waals surface area contributed by atoms with E-state index in [1.165, 1.54) is 0 Å². The molecule has 1 aromatic rings. The Morgan fingerprint density at radius 1 is 1.00 bits per heavy atom. The van der Waals surface area contributed by atoms with E-state index in [1.54, 1.807) is 24.3 Å². The van der Waals surface area contributed by atoms with Gasteiger partial charge < -0.3 is 21.3 Å². The Hall–Kier alpha value is -2.41. The summed E-state index contributed by atoms with van der Waals surface area (Å²) in [5, 5.41) is 5.83. The molecule has 3 unspecified atom stereocenters. The molecule has 7 nitrogen and oxygen atoms in total. The molecule has 0 aliphatic rings. The molecular weight excluding hydrogens is 404 g/mol. The lowest BCUT2D eigenvalue weighted by Gasteiger charge is -2.24. The standard InChI is InChI=1S/C25H42N4O3/c1-7-12-29(13-8-2)25(32)21-11-9-10-20(15-21)24(31)28-19(6)22(26)14-18(5)23(30)27-16-17(3)4/h9-11,15,17-19,22H,7-8,12-14,16,26H2,1-6H3,(H,27,30)(H,28,31). The first-order valence-corrected chi connectivity index (χ1v) is 11.8. The van der Waals surface area contributed by atoms with E-state index in [-0.39, 0.29) is 35.7 Å². The minimum absolute atomic E-state index is 0.0254. The van der Waals surface area contributed by atoms with Gasteiger partial charge in [-0.25, -0.2) is 0 Å². The van der Waals surface area contributed by atoms with Gasteiger partial charge in [-0.1, -0.05) is 40.7 Å². The van der Waals surface area contributed by atoms with Crippen LogP contribution in [0.15, 0.2) is 24.3 Å². The zero-order valence-corrected chi connectivity index (χ0v) is 20.6. The van der Waals surface area contributed by atoms with E-state index in [4.69, 9.17) is 5.73 Å². The number of nitrogens with one attached hydrogen (secondary N) is 2. The second kappa shape index (κ2) is 13.9. The molecule has 0 aliphatic heterocycles. The van der Waals surface area contributed by atoms with Crippen molar-refractivity contribution in [2.75, 3.05) is 19.6 Å². The molecule has 0 radical (unpaired) electrons. The minimum atomic E-state index is -0.367. The van der Waals surface area contributed by atoms with E-state index >= 15 is 0 Å². The van der Waals surface area contributed by atoms with Gasteiger partial charge in [-0.15, -0.1) is 0 Å². The fourth-order valence-corrected chi connectivity index (χ4v) is 3.43. The second-order valence-corrected chi connectivity index (χ2v) is 9.07. The highest BCUT2D eigenvalue weighted by Gasteiger charge is 2.23. The summed E-state index contributed by atoms with van der Waals surface area (Å²) in [5.41, 5.74) is 7.20. The van der Waals surface area contributed by atoms with Crippen LogP contribution in [0.5, 0.6) is 0 Å². The van der Waals surface area contributed by atoms with Crippen molar-refractivity contribution in [3.63, 3.8) is 0 Å². The number of carbonyl (C=O) groups excluding carboxylic acids is 3. The topological polar surface area (TPSA) is 105 Å². The number of benzene rings is 1. The van der Waals surface area contributed by atoms with Crippen molar-refractivity contribution >= 4 is 17.7 Å². The predicted octanol–water partition coefficient (Wildman–Crippen LogP) is 3.19. The molecule has 0 saturated heterocycles. The van der Waals surface area contributed by atoms with Crippen LogP contribution in [-0.4, -0.2) is 54.3 Å². The highest BCUT2D eigenvalue weighted by molar-refractivity contribution is 5.99. The fourth-order valence-electron chi connectivity index (χ4n) is 3.43. The Kier molecular flexibility index (Phi) is 12.0. The van der Waals surface area contributed by atoms with E-state index in [0.717, 1.165) is 12.8 Å². The Balaban J connectivity index is 2.74. The van der Waals surface area contributed by atoms with Crippen molar-refractivity contribution in [2.45, 2.75) is 72.9 Å². The molecule has 3 amide bonds. The number of amides is 3. The third-order valence-electron chi connectivity index (χ3n) is 5.40. The second-order valence-electron chi connectivity index (χ2n) is 9.07. The van der Waals surface area contributed by atoms with Crippen LogP contribution >= 0.6 is 0 Å². The van der Waals surface area contributed by atoms with Crippen LogP contribution in [0.2, 0.25) is 0 Å². The van der Waals surface area contributed by atoms with E-state index in [1.807, 2.05) is 46.4 Å². The summed E-state index contributed by atoms with van der Waals surface area (Å²) in [7, 11) is 0. The van der Waals surface area contributed by atoms with Gasteiger partial charge >= 0.3 is 0 Å². The highest BCUT2D eigenvalue weighted by atomic mass is 16.2. The molecule has 0 aliphatic carbocycles. The van der Waals surface area contributed by atoms with Gasteiger partial charge in [0.2, 0.25) is 5.91 Å². The van der Waals surface area contributed by atoms with Crippen molar-refractivity contribution in [3.05, 3.63) is 35.4 Å². The number of hydrogen-bond donors (Lipinski definition) is 3. The molecule has 0 heterocycles. The molecule has 0 aromatic heterocycles. The highest BCUT2D eigenvalue weighted by Crippen LogP contribution is 2.12. The monoisotopic (exact) mass is 446 g/mol. The summed E-state index contributed by atoms with van der Waals surface area (Å²) < 4.78 is 0. The van der Waals surface area contributed by atoms with Gasteiger partial charge in [0.25, 0.3) is 11.8 Å². The lowest BCUT2D eigenvalue weighted by Crippen LogP contribution is -2.47. The maximum absolute atomic E-state index is 12.8. The van der Waals surface area contributed by atoms with Crippen molar-refractivity contribution < 1.29 is 14.4 Å². The molecule has 1 aromatic carbocycles. The maximum atomic E-state index is 12.8. The van der Waals surface area contributed by atoms with Crippen LogP contribution in [0.4, 0.5) is 0 Å². The fraction of sp³-hybridized carbons (Fsp3) is 0.640. The Labute approximate surface area is 193 Å². The summed E-state index contributed by atoms with van der Waals surface area (Å²) in [6.45, 7) is 13.9. The van der Waals surface area contributed by atoms with Crippen molar-refractivity contribution in [1.82, 2.24) is 15.5 Å². The molecule has 4 N–H and O–H groups in total. The van der Waals surface area contributed by atoms with Crippen LogP contribution in [-0.2, 0) is 4.79 Å². The average Bonchev–Trinajstić information content (AvgIpc) is 2.76. The summed E-state index contributed by atoms with van der Waals surface area (Å²) in [4.78, 5) is 39.7. The van der Waals surface area contributed by atoms with Gasteiger partial charge in [0.05, 0.1) is 0 Å². The van der Waals surface area contributed by atoms with Crippen LogP contribution < -0.4 is 16.4 Å². The summed E-state index contributed by atoms with van der Waals surface area (Å²) in [6.07, 6.45) is 2.23. The molecule has 0 bridgehead atoms. The quantitative estimate of drug-likeness (QED) is 0.433. The molecule has 180 valence electrons. The third kappa shape index (κ3) is 8.99. The Morgan fingerprint density at radius 3 is 2.16 bits per heavy atom. The lowest BCUT2D eigenvalue weighted by atomic mass is 9.96. The van der Waals surface area contributed by atoms with E-state index in [2.05, 4.69) is 10.6 Å². The molecular formula is C25H42N4O3. The van der Waals surface area contributed by atoms with Crippen molar-refractivity contribution in [1.29, 1.82) is 0 Å². The zero-order chi connectivity index (χ0) is 24.3. The van der Waals surface area contributed by atoms with Crippen LogP contribution in [0.25, 0.3) is 0 Å². The molecule has 3 atom stereocenters. The van der Waals surface area contributed by atoms with Gasteiger partial charge in [-0.2, -0.15) is 0 Å². The summed E-state index contributed by atoms with van der Waals surface area (Å²) >= 11 is 0. The van der Waals surface area contributed by atoms with Gasteiger partial charge in [0.1, 0.15) is 0 Å². The number of rotatable bonds is 13. The van der Waals surface area contributed by atoms with E-state index in [9.17, 15) is 14.4 Å². The third-order valence-corrected chi connectivity index (χ3v) is 5.40. The van der Waals surface area contributed by atoms with Gasteiger partial charge in [-0.05, 0) is 50.3 Å². The largest absolute Gasteiger partial charge is 0.356 e. The average molecular weight is 447 g/mol. The first-order valence-electron chi connectivity index (χ1n) is 11.8. The van der Waals surface area contributed by atoms with Gasteiger partial charge in [0.15, 0.2) is 0 Å². The zero-order valence-electron chi connectivity index (χ0n) is 20.6. The number of nitrogens with zero attached hydrogens (tertiary/aromatic N) is 1. The molecule has 1 rings (SSSR count). The molecule has 0 spiro atoms. The molecule has 7 heteroatoms. The van der Waals surface area contributed by atoms with Gasteiger partial charge in [-0.3, -0.25) is 14.4 Å². The lowest BCUT2D eigenvalue weighted by molar-refractivity contribution is -0.125. The number of carbonyl (C=O) groups is 3. The van der Waals surface area contributed by atoms with E-state index in [0.29, 0.717) is 43.1 Å². The predicted molar refractivity (Wildman–Crippen MR) is 129 cm³/mol.